The van der Waals surface area contributed by atoms with E-state index in [4.69, 9.17) is 17.4 Å². The Hall–Kier alpha value is -2.51. The predicted molar refractivity (Wildman–Crippen MR) is 108 cm³/mol. The lowest BCUT2D eigenvalue weighted by Gasteiger charge is -2.06. The molecule has 0 saturated carbocycles. The molecule has 0 aliphatic heterocycles. The zero-order valence-corrected chi connectivity index (χ0v) is 15.8. The highest BCUT2D eigenvalue weighted by molar-refractivity contribution is 7.98. The van der Waals surface area contributed by atoms with E-state index in [-0.39, 0.29) is 0 Å². The first-order chi connectivity index (χ1) is 12.7. The summed E-state index contributed by atoms with van der Waals surface area (Å²) in [5.41, 5.74) is 6.02. The molecule has 1 aromatic heterocycles. The summed E-state index contributed by atoms with van der Waals surface area (Å²) in [6.07, 6.45) is 0.786. The van der Waals surface area contributed by atoms with E-state index < -0.39 is 0 Å². The molecule has 26 heavy (non-hydrogen) atoms. The Balaban J connectivity index is 1.66. The van der Waals surface area contributed by atoms with Crippen LogP contribution in [0.2, 0.25) is 5.02 Å². The van der Waals surface area contributed by atoms with Crippen LogP contribution in [0.4, 0.5) is 5.95 Å². The van der Waals surface area contributed by atoms with Crippen molar-refractivity contribution in [3.8, 4) is 0 Å². The Morgan fingerprint density at radius 1 is 1.15 bits per heavy atom. The summed E-state index contributed by atoms with van der Waals surface area (Å²) < 4.78 is 1.41. The summed E-state index contributed by atoms with van der Waals surface area (Å²) >= 11 is 7.40. The van der Waals surface area contributed by atoms with Gasteiger partial charge in [0.1, 0.15) is 0 Å². The van der Waals surface area contributed by atoms with Gasteiger partial charge < -0.3 is 5.84 Å². The summed E-state index contributed by atoms with van der Waals surface area (Å²) in [5.74, 6) is 7.19. The summed E-state index contributed by atoms with van der Waals surface area (Å²) in [7, 11) is 0. The van der Waals surface area contributed by atoms with Crippen LogP contribution in [-0.2, 0) is 5.75 Å². The van der Waals surface area contributed by atoms with Crippen molar-refractivity contribution in [2.24, 2.45) is 5.10 Å². The Morgan fingerprint density at radius 3 is 2.58 bits per heavy atom. The van der Waals surface area contributed by atoms with E-state index in [1.54, 1.807) is 0 Å². The van der Waals surface area contributed by atoms with Gasteiger partial charge in [-0.2, -0.15) is 5.10 Å². The Kier molecular flexibility index (Phi) is 6.14. The highest BCUT2D eigenvalue weighted by Gasteiger charge is 2.10. The largest absolute Gasteiger partial charge is 0.334 e. The normalized spacial score (nSPS) is 11.5. The molecular weight excluding hydrogens is 368 g/mol. The number of nitrogens with two attached hydrogens (primary N) is 1. The average Bonchev–Trinajstić information content (AvgIpc) is 3.02. The van der Waals surface area contributed by atoms with Crippen LogP contribution in [0.5, 0.6) is 0 Å². The van der Waals surface area contributed by atoms with Crippen LogP contribution in [0.3, 0.4) is 0 Å². The third-order valence-electron chi connectivity index (χ3n) is 3.68. The topological polar surface area (TPSA) is 81.1 Å². The molecule has 0 fully saturated rings. The van der Waals surface area contributed by atoms with E-state index in [0.717, 1.165) is 34.0 Å². The molecule has 0 radical (unpaired) electrons. The number of aromatic nitrogens is 3. The van der Waals surface area contributed by atoms with Crippen LogP contribution in [0, 0.1) is 0 Å². The van der Waals surface area contributed by atoms with Crippen LogP contribution in [0.15, 0.2) is 64.9 Å². The molecule has 3 aromatic rings. The lowest BCUT2D eigenvalue weighted by Crippen LogP contribution is -2.14. The molecule has 0 atom stereocenters. The summed E-state index contributed by atoms with van der Waals surface area (Å²) in [6, 6.07) is 17.7. The quantitative estimate of drug-likeness (QED) is 0.276. The fourth-order valence-corrected chi connectivity index (χ4v) is 3.21. The number of rotatable bonds is 7. The molecule has 0 aliphatic carbocycles. The zero-order chi connectivity index (χ0) is 18.4. The number of nitrogens with zero attached hydrogens (tertiary/aromatic N) is 4. The summed E-state index contributed by atoms with van der Waals surface area (Å²) in [6.45, 7) is 2.05. The van der Waals surface area contributed by atoms with E-state index >= 15 is 0 Å². The van der Waals surface area contributed by atoms with Gasteiger partial charge in [0.25, 0.3) is 5.95 Å². The highest BCUT2D eigenvalue weighted by atomic mass is 35.5. The number of halogens is 1. The molecule has 2 aromatic carbocycles. The second kappa shape index (κ2) is 8.73. The lowest BCUT2D eigenvalue weighted by atomic mass is 10.1. The summed E-state index contributed by atoms with van der Waals surface area (Å²) in [4.78, 5) is 0. The first kappa shape index (κ1) is 18.3. The number of hydrazone groups is 1. The van der Waals surface area contributed by atoms with Crippen molar-refractivity contribution in [1.29, 1.82) is 0 Å². The van der Waals surface area contributed by atoms with E-state index in [0.29, 0.717) is 11.1 Å². The van der Waals surface area contributed by atoms with E-state index in [9.17, 15) is 0 Å². The molecular formula is C18H19ClN6S. The Labute approximate surface area is 161 Å². The minimum Gasteiger partial charge on any atom is -0.334 e. The van der Waals surface area contributed by atoms with Gasteiger partial charge in [-0.3, -0.25) is 0 Å². The molecule has 134 valence electrons. The smallest absolute Gasteiger partial charge is 0.264 e. The fraction of sp³-hybridized carbons (Fsp3) is 0.167. The number of hydrogen-bond donors (Lipinski definition) is 2. The first-order valence-electron chi connectivity index (χ1n) is 8.13. The van der Waals surface area contributed by atoms with Crippen LogP contribution in [0.25, 0.3) is 0 Å². The predicted octanol–water partition coefficient (Wildman–Crippen LogP) is 4.16. The van der Waals surface area contributed by atoms with Crippen LogP contribution < -0.4 is 11.3 Å². The number of anilines is 1. The first-order valence-corrected chi connectivity index (χ1v) is 9.49. The van der Waals surface area contributed by atoms with Gasteiger partial charge in [-0.15, -0.1) is 10.2 Å². The second-order valence-corrected chi connectivity index (χ2v) is 6.86. The van der Waals surface area contributed by atoms with Gasteiger partial charge in [-0.1, -0.05) is 72.8 Å². The van der Waals surface area contributed by atoms with Gasteiger partial charge >= 0.3 is 0 Å². The molecule has 0 bridgehead atoms. The van der Waals surface area contributed by atoms with Crippen LogP contribution in [-0.4, -0.2) is 20.6 Å². The number of benzene rings is 2. The van der Waals surface area contributed by atoms with Gasteiger partial charge in [0, 0.05) is 10.8 Å². The monoisotopic (exact) mass is 386 g/mol. The van der Waals surface area contributed by atoms with Crippen molar-refractivity contribution in [2.75, 3.05) is 11.3 Å². The van der Waals surface area contributed by atoms with Crippen molar-refractivity contribution in [3.63, 3.8) is 0 Å². The standard InChI is InChI=1S/C18H19ClN6S/c1-2-16(14-6-4-3-5-7-14)21-22-17-23-24-18(25(17)20)26-12-13-8-10-15(19)11-9-13/h3-11H,2,12,20H2,1H3,(H,22,23)/b21-16+. The molecule has 0 amide bonds. The van der Waals surface area contributed by atoms with Crippen LogP contribution in [0.1, 0.15) is 24.5 Å². The zero-order valence-electron chi connectivity index (χ0n) is 14.3. The molecule has 0 saturated heterocycles. The Morgan fingerprint density at radius 2 is 1.88 bits per heavy atom. The van der Waals surface area contributed by atoms with Gasteiger partial charge in [-0.25, -0.2) is 10.1 Å². The van der Waals surface area contributed by atoms with Crippen molar-refractivity contribution >= 4 is 35.0 Å². The molecule has 0 unspecified atom stereocenters. The third kappa shape index (κ3) is 4.56. The number of hydrogen-bond acceptors (Lipinski definition) is 6. The van der Waals surface area contributed by atoms with Crippen molar-refractivity contribution in [2.45, 2.75) is 24.3 Å². The Bertz CT molecular complexity index is 876. The van der Waals surface area contributed by atoms with E-state index in [1.807, 2.05) is 61.5 Å². The minimum absolute atomic E-state index is 0.394. The molecule has 6 nitrogen and oxygen atoms in total. The van der Waals surface area contributed by atoms with E-state index in [2.05, 4.69) is 20.7 Å². The SMILES string of the molecule is CC/C(=N\Nc1nnc(SCc2ccc(Cl)cc2)n1N)c1ccccc1. The van der Waals surface area contributed by atoms with Gasteiger partial charge in [0.15, 0.2) is 0 Å². The molecule has 3 N–H and O–H groups in total. The fourth-order valence-electron chi connectivity index (χ4n) is 2.28. The molecule has 8 heteroatoms. The lowest BCUT2D eigenvalue weighted by molar-refractivity contribution is 0.846. The van der Waals surface area contributed by atoms with Crippen molar-refractivity contribution < 1.29 is 0 Å². The van der Waals surface area contributed by atoms with Gasteiger partial charge in [0.2, 0.25) is 5.16 Å². The number of nitrogen functional groups attached to an aromatic ring is 1. The molecule has 1 heterocycles. The maximum absolute atomic E-state index is 6.08. The molecule has 3 rings (SSSR count). The number of thioether (sulfide) groups is 1. The van der Waals surface area contributed by atoms with Crippen molar-refractivity contribution in [1.82, 2.24) is 14.9 Å². The number of nitrogens with one attached hydrogen (secondary N) is 1. The second-order valence-electron chi connectivity index (χ2n) is 5.48. The minimum atomic E-state index is 0.394. The molecule has 0 aliphatic rings. The average molecular weight is 387 g/mol. The maximum Gasteiger partial charge on any atom is 0.264 e. The van der Waals surface area contributed by atoms with Crippen molar-refractivity contribution in [3.05, 3.63) is 70.7 Å². The van der Waals surface area contributed by atoms with Crippen LogP contribution >= 0.6 is 23.4 Å². The van der Waals surface area contributed by atoms with E-state index in [1.165, 1.54) is 16.4 Å². The van der Waals surface area contributed by atoms with Gasteiger partial charge in [-0.05, 0) is 29.7 Å². The van der Waals surface area contributed by atoms with Gasteiger partial charge in [0.05, 0.1) is 5.71 Å². The third-order valence-corrected chi connectivity index (χ3v) is 4.94. The summed E-state index contributed by atoms with van der Waals surface area (Å²) in [5, 5.41) is 13.9. The molecule has 0 spiro atoms. The maximum atomic E-state index is 6.08. The highest BCUT2D eigenvalue weighted by Crippen LogP contribution is 2.22.